The smallest absolute Gasteiger partial charge is 0.482 e. The molecular weight excluding hydrogens is 557 g/mol. The van der Waals surface area contributed by atoms with Crippen molar-refractivity contribution in [1.82, 2.24) is 9.55 Å². The Balaban J connectivity index is 1.31. The van der Waals surface area contributed by atoms with E-state index >= 15 is 0 Å². The zero-order chi connectivity index (χ0) is 29.6. The standard InChI is InChI=1S/C30H23F3N2O7/c1-2-29(42-26(37)16-39-19-7-9-20(10-8-19)41-30(31,32)33)13-25(36)40-15-21-22(29)12-24-27-18(14-35(24)28(21)38)11-17-5-3-4-6-23(17)34-27/h3-12H,2,13-16H2,1H3. The van der Waals surface area contributed by atoms with Gasteiger partial charge in [-0.05, 0) is 48.9 Å². The Hall–Kier alpha value is -4.87. The number of ether oxygens (including phenoxy) is 4. The SMILES string of the molecule is CCC1(OC(=O)COc2ccc(OC(F)(F)F)cc2)CC(=O)OCc2c1cc1n(c2=O)Cc2cc3ccccc3nc2-1. The lowest BCUT2D eigenvalue weighted by Gasteiger charge is -2.32. The van der Waals surface area contributed by atoms with E-state index in [-0.39, 0.29) is 36.3 Å². The first-order valence-electron chi connectivity index (χ1n) is 13.1. The third-order valence-electron chi connectivity index (χ3n) is 7.37. The lowest BCUT2D eigenvalue weighted by molar-refractivity contribution is -0.274. The van der Waals surface area contributed by atoms with Crippen LogP contribution in [0.3, 0.4) is 0 Å². The number of carbonyl (C=O) groups is 2. The molecule has 6 rings (SSSR count). The monoisotopic (exact) mass is 580 g/mol. The fourth-order valence-electron chi connectivity index (χ4n) is 5.40. The lowest BCUT2D eigenvalue weighted by Crippen LogP contribution is -2.38. The molecule has 0 N–H and O–H groups in total. The number of esters is 2. The van der Waals surface area contributed by atoms with Crippen LogP contribution in [0, 0.1) is 0 Å². The molecule has 0 amide bonds. The second-order valence-electron chi connectivity index (χ2n) is 9.97. The van der Waals surface area contributed by atoms with Gasteiger partial charge in [0.1, 0.15) is 23.7 Å². The molecule has 0 aliphatic carbocycles. The Labute approximate surface area is 236 Å². The fourth-order valence-corrected chi connectivity index (χ4v) is 5.40. The highest BCUT2D eigenvalue weighted by molar-refractivity contribution is 5.84. The molecule has 4 aromatic rings. The number of benzene rings is 2. The van der Waals surface area contributed by atoms with Gasteiger partial charge in [-0.2, -0.15) is 0 Å². The largest absolute Gasteiger partial charge is 0.573 e. The predicted octanol–water partition coefficient (Wildman–Crippen LogP) is 5.00. The number of carbonyl (C=O) groups excluding carboxylic acids is 2. The van der Waals surface area contributed by atoms with E-state index in [1.54, 1.807) is 17.6 Å². The normalized spacial score (nSPS) is 17.5. The van der Waals surface area contributed by atoms with Crippen molar-refractivity contribution in [2.24, 2.45) is 0 Å². The predicted molar refractivity (Wildman–Crippen MR) is 142 cm³/mol. The summed E-state index contributed by atoms with van der Waals surface area (Å²) in [5.41, 5.74) is 1.46. The average Bonchev–Trinajstić information content (AvgIpc) is 3.24. The highest BCUT2D eigenvalue weighted by atomic mass is 19.4. The minimum absolute atomic E-state index is 0.0960. The van der Waals surface area contributed by atoms with Crippen LogP contribution in [0.5, 0.6) is 11.5 Å². The van der Waals surface area contributed by atoms with Crippen molar-refractivity contribution in [2.75, 3.05) is 6.61 Å². The van der Waals surface area contributed by atoms with Crippen LogP contribution >= 0.6 is 0 Å². The number of hydrogen-bond acceptors (Lipinski definition) is 8. The molecule has 0 saturated heterocycles. The van der Waals surface area contributed by atoms with Crippen molar-refractivity contribution in [3.8, 4) is 22.9 Å². The molecule has 2 aromatic heterocycles. The van der Waals surface area contributed by atoms with Crippen molar-refractivity contribution in [3.05, 3.63) is 87.7 Å². The second kappa shape index (κ2) is 10.2. The van der Waals surface area contributed by atoms with E-state index in [1.807, 2.05) is 30.3 Å². The summed E-state index contributed by atoms with van der Waals surface area (Å²) < 4.78 is 59.3. The number of nitrogens with zero attached hydrogens (tertiary/aromatic N) is 2. The molecule has 12 heteroatoms. The Kier molecular flexibility index (Phi) is 6.63. The quantitative estimate of drug-likeness (QED) is 0.259. The van der Waals surface area contributed by atoms with E-state index in [2.05, 4.69) is 4.74 Å². The molecule has 0 spiro atoms. The molecule has 1 atom stereocenters. The minimum Gasteiger partial charge on any atom is -0.482 e. The summed E-state index contributed by atoms with van der Waals surface area (Å²) in [7, 11) is 0. The highest BCUT2D eigenvalue weighted by Crippen LogP contribution is 2.41. The van der Waals surface area contributed by atoms with E-state index < -0.39 is 36.3 Å². The van der Waals surface area contributed by atoms with Crippen LogP contribution in [0.15, 0.2) is 65.5 Å². The maximum atomic E-state index is 13.7. The van der Waals surface area contributed by atoms with Crippen molar-refractivity contribution in [3.63, 3.8) is 0 Å². The Bertz CT molecular complexity index is 1780. The molecule has 0 radical (unpaired) electrons. The van der Waals surface area contributed by atoms with Gasteiger partial charge in [-0.25, -0.2) is 9.78 Å². The molecule has 2 aliphatic rings. The van der Waals surface area contributed by atoms with Crippen LogP contribution < -0.4 is 15.0 Å². The third-order valence-corrected chi connectivity index (χ3v) is 7.37. The summed E-state index contributed by atoms with van der Waals surface area (Å²) in [6.07, 6.45) is -5.02. The third kappa shape index (κ3) is 5.04. The van der Waals surface area contributed by atoms with Gasteiger partial charge in [-0.3, -0.25) is 9.59 Å². The fraction of sp³-hybridized carbons (Fsp3) is 0.267. The zero-order valence-electron chi connectivity index (χ0n) is 22.2. The highest BCUT2D eigenvalue weighted by Gasteiger charge is 2.44. The summed E-state index contributed by atoms with van der Waals surface area (Å²) in [6, 6.07) is 15.8. The molecule has 0 bridgehead atoms. The summed E-state index contributed by atoms with van der Waals surface area (Å²) in [5, 5.41) is 0.937. The van der Waals surface area contributed by atoms with Gasteiger partial charge in [-0.1, -0.05) is 25.1 Å². The molecule has 9 nitrogen and oxygen atoms in total. The molecular formula is C30H23F3N2O7. The van der Waals surface area contributed by atoms with Crippen LogP contribution in [0.25, 0.3) is 22.3 Å². The molecule has 2 aliphatic heterocycles. The van der Waals surface area contributed by atoms with Crippen molar-refractivity contribution >= 4 is 22.8 Å². The van der Waals surface area contributed by atoms with Crippen molar-refractivity contribution in [1.29, 1.82) is 0 Å². The van der Waals surface area contributed by atoms with E-state index in [4.69, 9.17) is 19.2 Å². The van der Waals surface area contributed by atoms with Crippen LogP contribution in [0.1, 0.15) is 36.5 Å². The Morgan fingerprint density at radius 3 is 2.55 bits per heavy atom. The summed E-state index contributed by atoms with van der Waals surface area (Å²) in [6.45, 7) is 1.13. The van der Waals surface area contributed by atoms with E-state index in [1.165, 1.54) is 12.1 Å². The van der Waals surface area contributed by atoms with Crippen LogP contribution in [-0.2, 0) is 37.8 Å². The molecule has 2 aromatic carbocycles. The van der Waals surface area contributed by atoms with Gasteiger partial charge in [0, 0.05) is 16.5 Å². The molecule has 0 saturated carbocycles. The number of alkyl halides is 3. The van der Waals surface area contributed by atoms with Gasteiger partial charge in [0.05, 0.1) is 35.4 Å². The first-order chi connectivity index (χ1) is 20.0. The number of halogens is 3. The van der Waals surface area contributed by atoms with Gasteiger partial charge in [0.25, 0.3) is 5.56 Å². The molecule has 0 fully saturated rings. The number of pyridine rings is 2. The first-order valence-corrected chi connectivity index (χ1v) is 13.1. The molecule has 216 valence electrons. The van der Waals surface area contributed by atoms with Crippen molar-refractivity contribution in [2.45, 2.75) is 44.9 Å². The number of aromatic nitrogens is 2. The second-order valence-corrected chi connectivity index (χ2v) is 9.97. The number of cyclic esters (lactones) is 1. The van der Waals surface area contributed by atoms with E-state index in [0.717, 1.165) is 28.6 Å². The number of hydrogen-bond donors (Lipinski definition) is 0. The Morgan fingerprint density at radius 1 is 1.07 bits per heavy atom. The lowest BCUT2D eigenvalue weighted by atomic mass is 9.85. The number of para-hydroxylation sites is 1. The topological polar surface area (TPSA) is 106 Å². The summed E-state index contributed by atoms with van der Waals surface area (Å²) >= 11 is 0. The van der Waals surface area contributed by atoms with Crippen molar-refractivity contribution < 1.29 is 41.7 Å². The van der Waals surface area contributed by atoms with Gasteiger partial charge in [0.2, 0.25) is 0 Å². The molecule has 4 heterocycles. The summed E-state index contributed by atoms with van der Waals surface area (Å²) in [4.78, 5) is 44.2. The minimum atomic E-state index is -4.84. The number of fused-ring (bicyclic) bond motifs is 5. The molecule has 42 heavy (non-hydrogen) atoms. The van der Waals surface area contributed by atoms with Crippen LogP contribution in [0.4, 0.5) is 13.2 Å². The summed E-state index contributed by atoms with van der Waals surface area (Å²) in [5.74, 6) is -1.84. The van der Waals surface area contributed by atoms with Gasteiger partial charge in [-0.15, -0.1) is 13.2 Å². The van der Waals surface area contributed by atoms with E-state index in [9.17, 15) is 27.6 Å². The average molecular weight is 581 g/mol. The maximum absolute atomic E-state index is 13.7. The first kappa shape index (κ1) is 27.3. The van der Waals surface area contributed by atoms with Crippen LogP contribution in [-0.4, -0.2) is 34.5 Å². The van der Waals surface area contributed by atoms with Crippen LogP contribution in [0.2, 0.25) is 0 Å². The maximum Gasteiger partial charge on any atom is 0.573 e. The van der Waals surface area contributed by atoms with Gasteiger partial charge in [0.15, 0.2) is 6.61 Å². The molecule has 1 unspecified atom stereocenters. The zero-order valence-corrected chi connectivity index (χ0v) is 22.2. The van der Waals surface area contributed by atoms with Gasteiger partial charge < -0.3 is 23.5 Å². The van der Waals surface area contributed by atoms with E-state index in [0.29, 0.717) is 23.5 Å². The van der Waals surface area contributed by atoms with Gasteiger partial charge >= 0.3 is 18.3 Å². The Morgan fingerprint density at radius 2 is 1.81 bits per heavy atom. The number of rotatable bonds is 6.